The van der Waals surface area contributed by atoms with Crippen molar-refractivity contribution in [3.05, 3.63) is 83.1 Å². The van der Waals surface area contributed by atoms with Crippen LogP contribution in [0.25, 0.3) is 5.69 Å². The number of aromatic nitrogens is 2. The number of nitrogens with one attached hydrogen (secondary N) is 2. The second-order valence-electron chi connectivity index (χ2n) is 5.61. The Morgan fingerprint density at radius 1 is 1.00 bits per heavy atom. The summed E-state index contributed by atoms with van der Waals surface area (Å²) in [7, 11) is 0. The van der Waals surface area contributed by atoms with Crippen molar-refractivity contribution in [1.82, 2.24) is 20.4 Å². The first kappa shape index (κ1) is 17.0. The van der Waals surface area contributed by atoms with Gasteiger partial charge in [-0.2, -0.15) is 5.10 Å². The predicted octanol–water partition coefficient (Wildman–Crippen LogP) is 3.57. The van der Waals surface area contributed by atoms with Gasteiger partial charge in [-0.25, -0.2) is 9.48 Å². The molecule has 0 aliphatic carbocycles. The summed E-state index contributed by atoms with van der Waals surface area (Å²) in [4.78, 5) is 11.8. The van der Waals surface area contributed by atoms with Gasteiger partial charge in [0.05, 0.1) is 11.9 Å². The van der Waals surface area contributed by atoms with Gasteiger partial charge in [0.2, 0.25) is 0 Å². The quantitative estimate of drug-likeness (QED) is 0.711. The highest BCUT2D eigenvalue weighted by atomic mass is 35.5. The largest absolute Gasteiger partial charge is 0.338 e. The van der Waals surface area contributed by atoms with Gasteiger partial charge < -0.3 is 10.6 Å². The molecule has 0 fully saturated rings. The Labute approximate surface area is 151 Å². The van der Waals surface area contributed by atoms with E-state index in [2.05, 4.69) is 15.7 Å². The highest BCUT2D eigenvalue weighted by Gasteiger charge is 2.03. The summed E-state index contributed by atoms with van der Waals surface area (Å²) in [5.74, 6) is 0. The molecule has 0 aliphatic heterocycles. The standard InChI is InChI=1S/C19H19ClN4O/c20-17-8-6-15(7-9-17)12-22-19(25)21-11-10-16-13-23-24(14-16)18-4-2-1-3-5-18/h1-9,13-14H,10-12H2,(H2,21,22,25). The average Bonchev–Trinajstić information content (AvgIpc) is 3.11. The van der Waals surface area contributed by atoms with E-state index >= 15 is 0 Å². The number of benzene rings is 2. The van der Waals surface area contributed by atoms with Gasteiger partial charge in [0, 0.05) is 24.3 Å². The number of hydrogen-bond donors (Lipinski definition) is 2. The Morgan fingerprint density at radius 3 is 2.52 bits per heavy atom. The van der Waals surface area contributed by atoms with E-state index in [9.17, 15) is 4.79 Å². The molecule has 3 aromatic rings. The zero-order chi connectivity index (χ0) is 17.5. The molecule has 3 rings (SSSR count). The van der Waals surface area contributed by atoms with Crippen molar-refractivity contribution in [3.63, 3.8) is 0 Å². The average molecular weight is 355 g/mol. The van der Waals surface area contributed by atoms with Crippen molar-refractivity contribution in [2.75, 3.05) is 6.54 Å². The molecule has 0 atom stereocenters. The van der Waals surface area contributed by atoms with Gasteiger partial charge in [-0.15, -0.1) is 0 Å². The van der Waals surface area contributed by atoms with Crippen LogP contribution in [0.3, 0.4) is 0 Å². The van der Waals surface area contributed by atoms with Crippen LogP contribution in [-0.4, -0.2) is 22.4 Å². The molecule has 128 valence electrons. The second kappa shape index (κ2) is 8.35. The number of halogens is 1. The van der Waals surface area contributed by atoms with E-state index < -0.39 is 0 Å². The first-order valence-corrected chi connectivity index (χ1v) is 8.43. The highest BCUT2D eigenvalue weighted by Crippen LogP contribution is 2.09. The van der Waals surface area contributed by atoms with Crippen LogP contribution >= 0.6 is 11.6 Å². The van der Waals surface area contributed by atoms with Gasteiger partial charge in [0.1, 0.15) is 0 Å². The van der Waals surface area contributed by atoms with Gasteiger partial charge in [0.15, 0.2) is 0 Å². The normalized spacial score (nSPS) is 10.4. The van der Waals surface area contributed by atoms with Crippen molar-refractivity contribution in [3.8, 4) is 5.69 Å². The Kier molecular flexibility index (Phi) is 5.69. The van der Waals surface area contributed by atoms with Crippen molar-refractivity contribution in [2.24, 2.45) is 0 Å². The number of rotatable bonds is 6. The number of hydrogen-bond acceptors (Lipinski definition) is 2. The molecule has 2 N–H and O–H groups in total. The number of amides is 2. The third-order valence-electron chi connectivity index (χ3n) is 3.72. The minimum atomic E-state index is -0.189. The topological polar surface area (TPSA) is 59.0 Å². The maximum Gasteiger partial charge on any atom is 0.315 e. The van der Waals surface area contributed by atoms with Gasteiger partial charge in [0.25, 0.3) is 0 Å². The van der Waals surface area contributed by atoms with E-state index in [1.54, 1.807) is 12.1 Å². The zero-order valence-corrected chi connectivity index (χ0v) is 14.4. The second-order valence-corrected chi connectivity index (χ2v) is 6.05. The van der Waals surface area contributed by atoms with Crippen molar-refractivity contribution in [1.29, 1.82) is 0 Å². The molecule has 0 bridgehead atoms. The molecule has 0 aliphatic rings. The number of carbonyl (C=O) groups excluding carboxylic acids is 1. The lowest BCUT2D eigenvalue weighted by Gasteiger charge is -2.07. The molecule has 0 saturated carbocycles. The molecule has 2 aromatic carbocycles. The Bertz CT molecular complexity index is 815. The van der Waals surface area contributed by atoms with E-state index in [0.29, 0.717) is 18.1 Å². The van der Waals surface area contributed by atoms with Crippen LogP contribution in [0.4, 0.5) is 4.79 Å². The van der Waals surface area contributed by atoms with Crippen LogP contribution in [0.5, 0.6) is 0 Å². The number of carbonyl (C=O) groups is 1. The molecule has 6 heteroatoms. The third kappa shape index (κ3) is 5.09. The monoisotopic (exact) mass is 354 g/mol. The Morgan fingerprint density at radius 2 is 1.76 bits per heavy atom. The predicted molar refractivity (Wildman–Crippen MR) is 99.0 cm³/mol. The lowest BCUT2D eigenvalue weighted by molar-refractivity contribution is 0.240. The van der Waals surface area contributed by atoms with Crippen molar-refractivity contribution < 1.29 is 4.79 Å². The molecule has 0 unspecified atom stereocenters. The fourth-order valence-electron chi connectivity index (χ4n) is 2.38. The minimum absolute atomic E-state index is 0.189. The minimum Gasteiger partial charge on any atom is -0.338 e. The van der Waals surface area contributed by atoms with Crippen molar-refractivity contribution in [2.45, 2.75) is 13.0 Å². The van der Waals surface area contributed by atoms with Crippen LogP contribution in [0.1, 0.15) is 11.1 Å². The lowest BCUT2D eigenvalue weighted by atomic mass is 10.2. The van der Waals surface area contributed by atoms with E-state index in [-0.39, 0.29) is 6.03 Å². The number of urea groups is 1. The zero-order valence-electron chi connectivity index (χ0n) is 13.7. The first-order chi connectivity index (χ1) is 12.2. The van der Waals surface area contributed by atoms with Crippen LogP contribution in [-0.2, 0) is 13.0 Å². The van der Waals surface area contributed by atoms with Gasteiger partial charge in [-0.3, -0.25) is 0 Å². The molecule has 0 saturated heterocycles. The molecule has 1 aromatic heterocycles. The van der Waals surface area contributed by atoms with Gasteiger partial charge in [-0.1, -0.05) is 41.9 Å². The third-order valence-corrected chi connectivity index (χ3v) is 3.97. The molecule has 25 heavy (non-hydrogen) atoms. The van der Waals surface area contributed by atoms with E-state index in [0.717, 1.165) is 23.2 Å². The summed E-state index contributed by atoms with van der Waals surface area (Å²) in [6, 6.07) is 17.1. The van der Waals surface area contributed by atoms with E-state index in [4.69, 9.17) is 11.6 Å². The van der Waals surface area contributed by atoms with E-state index in [1.165, 1.54) is 0 Å². The smallest absolute Gasteiger partial charge is 0.315 e. The summed E-state index contributed by atoms with van der Waals surface area (Å²) < 4.78 is 1.83. The Balaban J connectivity index is 1.41. The van der Waals surface area contributed by atoms with Gasteiger partial charge in [-0.05, 0) is 41.8 Å². The van der Waals surface area contributed by atoms with E-state index in [1.807, 2.05) is 59.5 Å². The van der Waals surface area contributed by atoms with Crippen LogP contribution < -0.4 is 10.6 Å². The van der Waals surface area contributed by atoms with Crippen LogP contribution in [0.2, 0.25) is 5.02 Å². The summed E-state index contributed by atoms with van der Waals surface area (Å²) in [5, 5.41) is 10.7. The molecule has 0 spiro atoms. The fourth-order valence-corrected chi connectivity index (χ4v) is 2.50. The number of para-hydroxylation sites is 1. The van der Waals surface area contributed by atoms with Crippen LogP contribution in [0.15, 0.2) is 67.0 Å². The summed E-state index contributed by atoms with van der Waals surface area (Å²) in [6.07, 6.45) is 4.52. The lowest BCUT2D eigenvalue weighted by Crippen LogP contribution is -2.36. The summed E-state index contributed by atoms with van der Waals surface area (Å²) in [5.41, 5.74) is 3.09. The molecule has 1 heterocycles. The molecular formula is C19H19ClN4O. The Hall–Kier alpha value is -2.79. The molecule has 5 nitrogen and oxygen atoms in total. The van der Waals surface area contributed by atoms with Crippen molar-refractivity contribution >= 4 is 17.6 Å². The summed E-state index contributed by atoms with van der Waals surface area (Å²) >= 11 is 5.84. The molecule has 2 amide bonds. The molecule has 0 radical (unpaired) electrons. The summed E-state index contributed by atoms with van der Waals surface area (Å²) in [6.45, 7) is 1.02. The first-order valence-electron chi connectivity index (χ1n) is 8.06. The highest BCUT2D eigenvalue weighted by molar-refractivity contribution is 6.30. The maximum atomic E-state index is 11.8. The molecular weight excluding hydrogens is 336 g/mol. The SMILES string of the molecule is O=C(NCCc1cnn(-c2ccccc2)c1)NCc1ccc(Cl)cc1. The number of nitrogens with zero attached hydrogens (tertiary/aromatic N) is 2. The maximum absolute atomic E-state index is 11.8. The van der Waals surface area contributed by atoms with Gasteiger partial charge >= 0.3 is 6.03 Å². The fraction of sp³-hybridized carbons (Fsp3) is 0.158. The van der Waals surface area contributed by atoms with Crippen LogP contribution in [0, 0.1) is 0 Å².